The van der Waals surface area contributed by atoms with Gasteiger partial charge in [0.1, 0.15) is 12.0 Å². The molecule has 1 heterocycles. The molecule has 0 aromatic carbocycles. The van der Waals surface area contributed by atoms with Gasteiger partial charge in [-0.25, -0.2) is 4.98 Å². The lowest BCUT2D eigenvalue weighted by Gasteiger charge is -2.20. The fourth-order valence-corrected chi connectivity index (χ4v) is 2.76. The number of esters is 1. The van der Waals surface area contributed by atoms with Crippen LogP contribution < -0.4 is 5.32 Å². The first kappa shape index (κ1) is 17.2. The van der Waals surface area contributed by atoms with E-state index in [1.165, 1.54) is 31.5 Å². The van der Waals surface area contributed by atoms with E-state index in [1.807, 2.05) is 0 Å². The molecule has 0 radical (unpaired) electrons. The van der Waals surface area contributed by atoms with Gasteiger partial charge in [0.15, 0.2) is 0 Å². The number of hydrogen-bond donors (Lipinski definition) is 1. The number of carbonyl (C=O) groups is 1. The van der Waals surface area contributed by atoms with Crippen molar-refractivity contribution in [1.82, 2.24) is 4.98 Å². The summed E-state index contributed by atoms with van der Waals surface area (Å²) in [6.45, 7) is 0.979. The highest BCUT2D eigenvalue weighted by atomic mass is 16.6. The molecule has 7 heteroatoms. The van der Waals surface area contributed by atoms with Crippen LogP contribution in [0.25, 0.3) is 0 Å². The van der Waals surface area contributed by atoms with E-state index in [0.29, 0.717) is 37.7 Å². The first-order chi connectivity index (χ1) is 11.1. The van der Waals surface area contributed by atoms with Crippen molar-refractivity contribution < 1.29 is 14.5 Å². The highest BCUT2D eigenvalue weighted by molar-refractivity contribution is 5.69. The van der Waals surface area contributed by atoms with Gasteiger partial charge < -0.3 is 10.1 Å². The SMILES string of the molecule is O=C(CC1CCCCC1)OCCCNc1ccc([N+](=O)[O-])cn1. The largest absolute Gasteiger partial charge is 0.466 e. The van der Waals surface area contributed by atoms with Gasteiger partial charge in [0.2, 0.25) is 0 Å². The molecule has 126 valence electrons. The van der Waals surface area contributed by atoms with Gasteiger partial charge in [-0.15, -0.1) is 0 Å². The molecule has 23 heavy (non-hydrogen) atoms. The summed E-state index contributed by atoms with van der Waals surface area (Å²) in [6, 6.07) is 2.97. The molecular weight excluding hydrogens is 298 g/mol. The molecule has 0 amide bonds. The van der Waals surface area contributed by atoms with Gasteiger partial charge in [0, 0.05) is 19.0 Å². The fourth-order valence-electron chi connectivity index (χ4n) is 2.76. The van der Waals surface area contributed by atoms with Crippen LogP contribution in [0.3, 0.4) is 0 Å². The lowest BCUT2D eigenvalue weighted by atomic mass is 9.87. The lowest BCUT2D eigenvalue weighted by Crippen LogP contribution is -2.16. The Kier molecular flexibility index (Phi) is 6.77. The summed E-state index contributed by atoms with van der Waals surface area (Å²) in [5.41, 5.74) is -0.0350. The number of hydrogen-bond acceptors (Lipinski definition) is 6. The second-order valence-corrected chi connectivity index (χ2v) is 5.87. The third-order valence-electron chi connectivity index (χ3n) is 4.03. The Morgan fingerprint density at radius 1 is 1.35 bits per heavy atom. The minimum Gasteiger partial charge on any atom is -0.466 e. The molecule has 1 fully saturated rings. The fraction of sp³-hybridized carbons (Fsp3) is 0.625. The van der Waals surface area contributed by atoms with Crippen LogP contribution in [0.2, 0.25) is 0 Å². The zero-order valence-corrected chi connectivity index (χ0v) is 13.2. The minimum absolute atomic E-state index is 0.0350. The van der Waals surface area contributed by atoms with Crippen LogP contribution in [0.5, 0.6) is 0 Å². The predicted octanol–water partition coefficient (Wildman–Crippen LogP) is 3.31. The zero-order valence-electron chi connectivity index (χ0n) is 13.2. The van der Waals surface area contributed by atoms with Gasteiger partial charge in [-0.3, -0.25) is 14.9 Å². The summed E-state index contributed by atoms with van der Waals surface area (Å²) in [4.78, 5) is 25.7. The summed E-state index contributed by atoms with van der Waals surface area (Å²) >= 11 is 0. The number of ether oxygens (including phenoxy) is 1. The van der Waals surface area contributed by atoms with Crippen molar-refractivity contribution in [3.05, 3.63) is 28.4 Å². The first-order valence-corrected chi connectivity index (χ1v) is 8.15. The van der Waals surface area contributed by atoms with Gasteiger partial charge in [-0.05, 0) is 31.2 Å². The molecule has 0 spiro atoms. The molecule has 0 bridgehead atoms. The van der Waals surface area contributed by atoms with E-state index in [9.17, 15) is 14.9 Å². The molecule has 7 nitrogen and oxygen atoms in total. The van der Waals surface area contributed by atoms with Crippen LogP contribution in [0, 0.1) is 16.0 Å². The number of nitrogens with zero attached hydrogens (tertiary/aromatic N) is 2. The topological polar surface area (TPSA) is 94.4 Å². The van der Waals surface area contributed by atoms with Gasteiger partial charge in [-0.2, -0.15) is 0 Å². The van der Waals surface area contributed by atoms with Gasteiger partial charge in [-0.1, -0.05) is 19.3 Å². The number of nitrogens with one attached hydrogen (secondary N) is 1. The number of rotatable bonds is 8. The van der Waals surface area contributed by atoms with Crippen LogP contribution in [0.4, 0.5) is 11.5 Å². The third-order valence-corrected chi connectivity index (χ3v) is 4.03. The van der Waals surface area contributed by atoms with Crippen LogP contribution >= 0.6 is 0 Å². The Hall–Kier alpha value is -2.18. The molecule has 1 saturated carbocycles. The maximum atomic E-state index is 11.7. The normalized spacial score (nSPS) is 15.1. The molecule has 0 unspecified atom stereocenters. The van der Waals surface area contributed by atoms with Crippen molar-refractivity contribution in [2.45, 2.75) is 44.9 Å². The highest BCUT2D eigenvalue weighted by Gasteiger charge is 2.17. The van der Waals surface area contributed by atoms with Gasteiger partial charge in [0.25, 0.3) is 5.69 Å². The predicted molar refractivity (Wildman–Crippen MR) is 86.1 cm³/mol. The van der Waals surface area contributed by atoms with Crippen molar-refractivity contribution in [2.75, 3.05) is 18.5 Å². The molecule has 1 aromatic rings. The number of carbonyl (C=O) groups excluding carboxylic acids is 1. The second-order valence-electron chi connectivity index (χ2n) is 5.87. The Morgan fingerprint density at radius 3 is 2.78 bits per heavy atom. The number of nitro groups is 1. The molecule has 1 aliphatic rings. The molecule has 1 aliphatic carbocycles. The van der Waals surface area contributed by atoms with E-state index >= 15 is 0 Å². The van der Waals surface area contributed by atoms with Crippen molar-refractivity contribution >= 4 is 17.5 Å². The monoisotopic (exact) mass is 321 g/mol. The van der Waals surface area contributed by atoms with E-state index in [2.05, 4.69) is 10.3 Å². The first-order valence-electron chi connectivity index (χ1n) is 8.15. The highest BCUT2D eigenvalue weighted by Crippen LogP contribution is 2.26. The van der Waals surface area contributed by atoms with E-state index in [4.69, 9.17) is 4.74 Å². The molecule has 0 atom stereocenters. The molecule has 1 N–H and O–H groups in total. The minimum atomic E-state index is -0.484. The second kappa shape index (κ2) is 9.07. The Balaban J connectivity index is 1.56. The maximum absolute atomic E-state index is 11.7. The summed E-state index contributed by atoms with van der Waals surface area (Å²) in [6.07, 6.45) is 8.45. The Labute approximate surface area is 135 Å². The molecule has 0 saturated heterocycles. The average molecular weight is 321 g/mol. The van der Waals surface area contributed by atoms with E-state index in [0.717, 1.165) is 12.8 Å². The van der Waals surface area contributed by atoms with E-state index in [1.54, 1.807) is 6.07 Å². The van der Waals surface area contributed by atoms with E-state index in [-0.39, 0.29) is 11.7 Å². The maximum Gasteiger partial charge on any atom is 0.306 e. The number of pyridine rings is 1. The van der Waals surface area contributed by atoms with Crippen LogP contribution in [0.1, 0.15) is 44.9 Å². The molecule has 1 aromatic heterocycles. The molecule has 0 aliphatic heterocycles. The lowest BCUT2D eigenvalue weighted by molar-refractivity contribution is -0.385. The quantitative estimate of drug-likeness (QED) is 0.342. The Morgan fingerprint density at radius 2 is 2.13 bits per heavy atom. The summed E-state index contributed by atoms with van der Waals surface area (Å²) in [5.74, 6) is 0.966. The molecule has 2 rings (SSSR count). The number of anilines is 1. The van der Waals surface area contributed by atoms with E-state index < -0.39 is 4.92 Å². The van der Waals surface area contributed by atoms with Gasteiger partial charge >= 0.3 is 5.97 Å². The molecular formula is C16H23N3O4. The van der Waals surface area contributed by atoms with Crippen molar-refractivity contribution in [2.24, 2.45) is 5.92 Å². The Bertz CT molecular complexity index is 513. The smallest absolute Gasteiger partial charge is 0.306 e. The van der Waals surface area contributed by atoms with Crippen LogP contribution in [-0.2, 0) is 9.53 Å². The van der Waals surface area contributed by atoms with Crippen LogP contribution in [0.15, 0.2) is 18.3 Å². The van der Waals surface area contributed by atoms with Gasteiger partial charge in [0.05, 0.1) is 11.5 Å². The zero-order chi connectivity index (χ0) is 16.5. The third kappa shape index (κ3) is 6.22. The number of aromatic nitrogens is 1. The van der Waals surface area contributed by atoms with Crippen molar-refractivity contribution in [1.29, 1.82) is 0 Å². The summed E-state index contributed by atoms with van der Waals surface area (Å²) in [7, 11) is 0. The standard InChI is InChI=1S/C16H23N3O4/c20-16(11-13-5-2-1-3-6-13)23-10-4-9-17-15-8-7-14(12-18-15)19(21)22/h7-8,12-13H,1-6,9-11H2,(H,17,18). The van der Waals surface area contributed by atoms with Crippen molar-refractivity contribution in [3.8, 4) is 0 Å². The van der Waals surface area contributed by atoms with Crippen LogP contribution in [-0.4, -0.2) is 29.0 Å². The van der Waals surface area contributed by atoms with Crippen molar-refractivity contribution in [3.63, 3.8) is 0 Å². The summed E-state index contributed by atoms with van der Waals surface area (Å²) < 4.78 is 5.24. The average Bonchev–Trinajstić information content (AvgIpc) is 2.56. The summed E-state index contributed by atoms with van der Waals surface area (Å²) in [5, 5.41) is 13.6.